The molecule has 6 heteroatoms. The zero-order valence-electron chi connectivity index (χ0n) is 9.72. The molecule has 2 atom stereocenters. The Morgan fingerprint density at radius 1 is 1.41 bits per heavy atom. The zero-order chi connectivity index (χ0) is 13.3. The molecular formula is C11H16BrNO3S. The average Bonchev–Trinajstić information content (AvgIpc) is 2.28. The molecule has 3 N–H and O–H groups in total. The van der Waals surface area contributed by atoms with Crippen molar-refractivity contribution in [1.29, 1.82) is 0 Å². The summed E-state index contributed by atoms with van der Waals surface area (Å²) < 4.78 is 22.3. The van der Waals surface area contributed by atoms with Gasteiger partial charge < -0.3 is 10.8 Å². The van der Waals surface area contributed by atoms with Crippen molar-refractivity contribution in [3.63, 3.8) is 0 Å². The van der Waals surface area contributed by atoms with Crippen LogP contribution in [0.2, 0.25) is 0 Å². The minimum absolute atomic E-state index is 0.0409. The molecule has 1 aromatic carbocycles. The average molecular weight is 322 g/mol. The number of aliphatic hydroxyl groups is 1. The summed E-state index contributed by atoms with van der Waals surface area (Å²) >= 11 is 3.12. The number of hydrogen-bond donors (Lipinski definition) is 2. The largest absolute Gasteiger partial charge is 0.399 e. The first-order valence-electron chi connectivity index (χ1n) is 5.17. The van der Waals surface area contributed by atoms with E-state index < -0.39 is 19.6 Å². The smallest absolute Gasteiger partial charge is 0.168 e. The van der Waals surface area contributed by atoms with Gasteiger partial charge in [-0.05, 0) is 24.6 Å². The predicted octanol–water partition coefficient (Wildman–Crippen LogP) is 1.85. The number of alkyl halides is 1. The predicted molar refractivity (Wildman–Crippen MR) is 72.6 cm³/mol. The Balaban J connectivity index is 3.12. The molecule has 0 heterocycles. The van der Waals surface area contributed by atoms with E-state index in [-0.39, 0.29) is 5.75 Å². The molecule has 0 fully saturated rings. The molecular weight excluding hydrogens is 306 g/mol. The van der Waals surface area contributed by atoms with Gasteiger partial charge in [-0.2, -0.15) is 0 Å². The first kappa shape index (κ1) is 14.5. The van der Waals surface area contributed by atoms with Gasteiger partial charge in [-0.15, -0.1) is 0 Å². The lowest BCUT2D eigenvalue weighted by Crippen LogP contribution is -2.36. The Bertz CT molecular complexity index is 482. The van der Waals surface area contributed by atoms with Crippen LogP contribution in [0, 0.1) is 0 Å². The normalized spacial score (nSPS) is 17.4. The SMILES string of the molecule is CCS(=O)(=O)[C@](C)(Br)[C@H](O)c1ccc(N)cc1. The molecule has 96 valence electrons. The highest BCUT2D eigenvalue weighted by Gasteiger charge is 2.42. The molecule has 0 aliphatic heterocycles. The van der Waals surface area contributed by atoms with Gasteiger partial charge in [-0.3, -0.25) is 0 Å². The Morgan fingerprint density at radius 2 is 1.88 bits per heavy atom. The third-order valence-electron chi connectivity index (χ3n) is 2.73. The number of benzene rings is 1. The summed E-state index contributed by atoms with van der Waals surface area (Å²) in [5, 5.41) is 10.1. The van der Waals surface area contributed by atoms with Gasteiger partial charge in [0.15, 0.2) is 13.5 Å². The number of rotatable bonds is 4. The Labute approximate surface area is 110 Å². The number of hydrogen-bond acceptors (Lipinski definition) is 4. The van der Waals surface area contributed by atoms with Gasteiger partial charge in [0.25, 0.3) is 0 Å². The second kappa shape index (κ2) is 4.96. The molecule has 1 rings (SSSR count). The molecule has 0 aliphatic rings. The van der Waals surface area contributed by atoms with Crippen LogP contribution in [-0.4, -0.2) is 22.9 Å². The molecule has 0 amide bonds. The summed E-state index contributed by atoms with van der Waals surface area (Å²) in [5.41, 5.74) is 6.61. The van der Waals surface area contributed by atoms with Crippen LogP contribution in [0.25, 0.3) is 0 Å². The van der Waals surface area contributed by atoms with Gasteiger partial charge in [0.1, 0.15) is 6.10 Å². The molecule has 17 heavy (non-hydrogen) atoms. The van der Waals surface area contributed by atoms with Crippen LogP contribution >= 0.6 is 15.9 Å². The van der Waals surface area contributed by atoms with Crippen LogP contribution in [0.4, 0.5) is 5.69 Å². The summed E-state index contributed by atoms with van der Waals surface area (Å²) in [6.45, 7) is 3.00. The number of nitrogens with two attached hydrogens (primary N) is 1. The summed E-state index contributed by atoms with van der Waals surface area (Å²) in [6.07, 6.45) is -1.15. The van der Waals surface area contributed by atoms with Crippen LogP contribution in [0.1, 0.15) is 25.5 Å². The highest BCUT2D eigenvalue weighted by atomic mass is 79.9. The number of sulfone groups is 1. The first-order chi connectivity index (χ1) is 7.72. The number of anilines is 1. The molecule has 0 spiro atoms. The molecule has 4 nitrogen and oxygen atoms in total. The number of halogens is 1. The van der Waals surface area contributed by atoms with E-state index in [1.165, 1.54) is 6.92 Å². The lowest BCUT2D eigenvalue weighted by Gasteiger charge is -2.28. The molecule has 0 aromatic heterocycles. The highest BCUT2D eigenvalue weighted by Crippen LogP contribution is 2.38. The van der Waals surface area contributed by atoms with E-state index in [9.17, 15) is 13.5 Å². The summed E-state index contributed by atoms with van der Waals surface area (Å²) in [7, 11) is -3.42. The Hall–Kier alpha value is -0.590. The topological polar surface area (TPSA) is 80.4 Å². The molecule has 0 bridgehead atoms. The van der Waals surface area contributed by atoms with Crippen molar-refractivity contribution in [3.05, 3.63) is 29.8 Å². The quantitative estimate of drug-likeness (QED) is 0.655. The number of nitrogen functional groups attached to an aromatic ring is 1. The Kier molecular flexibility index (Phi) is 4.22. The van der Waals surface area contributed by atoms with Crippen molar-refractivity contribution in [1.82, 2.24) is 0 Å². The molecule has 0 saturated carbocycles. The van der Waals surface area contributed by atoms with Crippen molar-refractivity contribution in [2.45, 2.75) is 23.6 Å². The molecule has 0 radical (unpaired) electrons. The van der Waals surface area contributed by atoms with Gasteiger partial charge in [-0.25, -0.2) is 8.42 Å². The van der Waals surface area contributed by atoms with E-state index in [1.54, 1.807) is 31.2 Å². The van der Waals surface area contributed by atoms with Crippen molar-refractivity contribution >= 4 is 31.5 Å². The molecule has 0 aliphatic carbocycles. The fourth-order valence-electron chi connectivity index (χ4n) is 1.43. The van der Waals surface area contributed by atoms with Gasteiger partial charge in [-0.1, -0.05) is 35.0 Å². The maximum absolute atomic E-state index is 11.9. The fraction of sp³-hybridized carbons (Fsp3) is 0.455. The van der Waals surface area contributed by atoms with Gasteiger partial charge in [0.05, 0.1) is 0 Å². The maximum Gasteiger partial charge on any atom is 0.168 e. The van der Waals surface area contributed by atoms with Crippen LogP contribution in [-0.2, 0) is 9.84 Å². The third kappa shape index (κ3) is 2.81. The maximum atomic E-state index is 11.9. The summed E-state index contributed by atoms with van der Waals surface area (Å²) in [5.74, 6) is -0.0409. The monoisotopic (exact) mass is 321 g/mol. The molecule has 0 saturated heterocycles. The standard InChI is InChI=1S/C11H16BrNO3S/c1-3-17(15,16)11(2,12)10(14)8-4-6-9(13)7-5-8/h4-7,10,14H,3,13H2,1-2H3/t10-,11+/m1/s1. The lowest BCUT2D eigenvalue weighted by molar-refractivity contribution is 0.167. The van der Waals surface area contributed by atoms with Gasteiger partial charge in [0, 0.05) is 11.4 Å². The van der Waals surface area contributed by atoms with Crippen LogP contribution in [0.15, 0.2) is 24.3 Å². The first-order valence-corrected chi connectivity index (χ1v) is 7.61. The third-order valence-corrected chi connectivity index (χ3v) is 6.84. The van der Waals surface area contributed by atoms with E-state index in [2.05, 4.69) is 15.9 Å². The van der Waals surface area contributed by atoms with Crippen LogP contribution in [0.3, 0.4) is 0 Å². The fourth-order valence-corrected chi connectivity index (χ4v) is 3.42. The zero-order valence-corrected chi connectivity index (χ0v) is 12.1. The Morgan fingerprint density at radius 3 is 2.29 bits per heavy atom. The van der Waals surface area contributed by atoms with Gasteiger partial charge >= 0.3 is 0 Å². The van der Waals surface area contributed by atoms with Crippen molar-refractivity contribution in [2.75, 3.05) is 11.5 Å². The van der Waals surface area contributed by atoms with Crippen molar-refractivity contribution in [2.24, 2.45) is 0 Å². The van der Waals surface area contributed by atoms with E-state index in [1.807, 2.05) is 0 Å². The lowest BCUT2D eigenvalue weighted by atomic mass is 10.1. The second-order valence-electron chi connectivity index (χ2n) is 3.96. The summed E-state index contributed by atoms with van der Waals surface area (Å²) in [4.78, 5) is 0. The van der Waals surface area contributed by atoms with Crippen molar-refractivity contribution < 1.29 is 13.5 Å². The minimum Gasteiger partial charge on any atom is -0.399 e. The van der Waals surface area contributed by atoms with Gasteiger partial charge in [0.2, 0.25) is 0 Å². The van der Waals surface area contributed by atoms with E-state index in [0.717, 1.165) is 0 Å². The summed E-state index contributed by atoms with van der Waals surface area (Å²) in [6, 6.07) is 6.48. The van der Waals surface area contributed by atoms with Crippen LogP contribution < -0.4 is 5.73 Å². The van der Waals surface area contributed by atoms with E-state index >= 15 is 0 Å². The van der Waals surface area contributed by atoms with E-state index in [0.29, 0.717) is 11.3 Å². The van der Waals surface area contributed by atoms with Crippen molar-refractivity contribution in [3.8, 4) is 0 Å². The molecule has 0 unspecified atom stereocenters. The number of aliphatic hydroxyl groups excluding tert-OH is 1. The minimum atomic E-state index is -3.42. The van der Waals surface area contributed by atoms with E-state index in [4.69, 9.17) is 5.73 Å². The molecule has 1 aromatic rings. The van der Waals surface area contributed by atoms with Crippen LogP contribution in [0.5, 0.6) is 0 Å². The highest BCUT2D eigenvalue weighted by molar-refractivity contribution is 9.11. The second-order valence-corrected chi connectivity index (χ2v) is 8.79.